The van der Waals surface area contributed by atoms with Crippen LogP contribution in [0.15, 0.2) is 12.1 Å². The molecule has 5 nitrogen and oxygen atoms in total. The van der Waals surface area contributed by atoms with Crippen molar-refractivity contribution in [3.05, 3.63) is 29.1 Å². The third-order valence-corrected chi connectivity index (χ3v) is 4.87. The van der Waals surface area contributed by atoms with E-state index in [0.717, 1.165) is 34.9 Å². The van der Waals surface area contributed by atoms with Crippen molar-refractivity contribution >= 4 is 34.6 Å². The molecule has 0 saturated heterocycles. The summed E-state index contributed by atoms with van der Waals surface area (Å²) in [5.74, 6) is 1.59. The summed E-state index contributed by atoms with van der Waals surface area (Å²) < 4.78 is 10.4. The lowest BCUT2D eigenvalue weighted by Crippen LogP contribution is -2.30. The predicted molar refractivity (Wildman–Crippen MR) is 109 cm³/mol. The molecule has 0 fully saturated rings. The number of ether oxygens (including phenoxy) is 1. The molecule has 2 rings (SSSR count). The number of rotatable bonds is 4. The fourth-order valence-electron chi connectivity index (χ4n) is 2.04. The number of aromatic nitrogens is 2. The van der Waals surface area contributed by atoms with E-state index in [-0.39, 0.29) is 5.41 Å². The Balaban J connectivity index is 2.19. The van der Waals surface area contributed by atoms with Crippen molar-refractivity contribution in [2.75, 3.05) is 18.9 Å². The van der Waals surface area contributed by atoms with E-state index < -0.39 is 0 Å². The molecule has 0 aliphatic heterocycles. The maximum atomic E-state index is 5.97. The molecule has 7 heteroatoms. The average Bonchev–Trinajstić information content (AvgIpc) is 3.00. The van der Waals surface area contributed by atoms with Crippen molar-refractivity contribution in [3.63, 3.8) is 0 Å². The second kappa shape index (κ2) is 7.66. The highest BCUT2D eigenvalue weighted by molar-refractivity contribution is 7.80. The summed E-state index contributed by atoms with van der Waals surface area (Å²) in [5, 5.41) is 4.56. The zero-order chi connectivity index (χ0) is 18.8. The van der Waals surface area contributed by atoms with Crippen molar-refractivity contribution in [1.82, 2.24) is 14.3 Å². The van der Waals surface area contributed by atoms with Gasteiger partial charge in [-0.3, -0.25) is 0 Å². The van der Waals surface area contributed by atoms with Crippen LogP contribution < -0.4 is 10.1 Å². The molecular weight excluding hydrogens is 352 g/mol. The van der Waals surface area contributed by atoms with E-state index >= 15 is 0 Å². The minimum absolute atomic E-state index is 0.0855. The van der Waals surface area contributed by atoms with Gasteiger partial charge in [0.1, 0.15) is 5.75 Å². The molecule has 0 aliphatic rings. The molecule has 2 aromatic rings. The topological polar surface area (TPSA) is 50.3 Å². The van der Waals surface area contributed by atoms with Gasteiger partial charge in [0.05, 0.1) is 0 Å². The van der Waals surface area contributed by atoms with E-state index in [1.54, 1.807) is 0 Å². The van der Waals surface area contributed by atoms with E-state index in [9.17, 15) is 0 Å². The van der Waals surface area contributed by atoms with Gasteiger partial charge in [0, 0.05) is 36.2 Å². The van der Waals surface area contributed by atoms with Crippen LogP contribution in [0.4, 0.5) is 5.69 Å². The van der Waals surface area contributed by atoms with E-state index in [1.807, 2.05) is 37.9 Å². The SMILES string of the molecule is CCN(C)C(=S)Nc1cc(C)c(Oc2nc(C(C)(C)C)ns2)cc1C. The highest BCUT2D eigenvalue weighted by Crippen LogP contribution is 2.32. The Labute approximate surface area is 159 Å². The summed E-state index contributed by atoms with van der Waals surface area (Å²) in [6.07, 6.45) is 0. The van der Waals surface area contributed by atoms with Gasteiger partial charge in [0.2, 0.25) is 0 Å². The summed E-state index contributed by atoms with van der Waals surface area (Å²) in [4.78, 5) is 6.48. The number of nitrogens with zero attached hydrogens (tertiary/aromatic N) is 3. The number of anilines is 1. The van der Waals surface area contributed by atoms with E-state index in [2.05, 4.69) is 42.4 Å². The maximum absolute atomic E-state index is 5.97. The molecule has 0 unspecified atom stereocenters. The Bertz CT molecular complexity index is 765. The van der Waals surface area contributed by atoms with Crippen molar-refractivity contribution in [1.29, 1.82) is 0 Å². The molecule has 0 saturated carbocycles. The first-order chi connectivity index (χ1) is 11.6. The molecule has 1 aromatic carbocycles. The zero-order valence-corrected chi connectivity index (χ0v) is 17.6. The number of benzene rings is 1. The summed E-state index contributed by atoms with van der Waals surface area (Å²) in [6.45, 7) is 13.2. The number of hydrogen-bond donors (Lipinski definition) is 1. The quantitative estimate of drug-likeness (QED) is 0.764. The molecule has 136 valence electrons. The van der Waals surface area contributed by atoms with Gasteiger partial charge < -0.3 is 15.0 Å². The smallest absolute Gasteiger partial charge is 0.298 e. The monoisotopic (exact) mass is 378 g/mol. The molecule has 1 N–H and O–H groups in total. The number of aryl methyl sites for hydroxylation is 2. The average molecular weight is 379 g/mol. The fraction of sp³-hybridized carbons (Fsp3) is 0.500. The third-order valence-electron chi connectivity index (χ3n) is 3.86. The minimum Gasteiger partial charge on any atom is -0.430 e. The molecule has 0 bridgehead atoms. The fourth-order valence-corrected chi connectivity index (χ4v) is 3.01. The molecular formula is C18H26N4OS2. The molecule has 1 heterocycles. The molecule has 0 spiro atoms. The summed E-state index contributed by atoms with van der Waals surface area (Å²) in [6, 6.07) is 4.05. The molecule has 0 aliphatic carbocycles. The predicted octanol–water partition coefficient (Wildman–Crippen LogP) is 4.89. The third kappa shape index (κ3) is 4.89. The van der Waals surface area contributed by atoms with E-state index in [1.165, 1.54) is 11.5 Å². The van der Waals surface area contributed by atoms with Gasteiger partial charge in [-0.25, -0.2) is 0 Å². The highest BCUT2D eigenvalue weighted by Gasteiger charge is 2.20. The molecule has 25 heavy (non-hydrogen) atoms. The van der Waals surface area contributed by atoms with Gasteiger partial charge in [0.15, 0.2) is 10.9 Å². The summed E-state index contributed by atoms with van der Waals surface area (Å²) >= 11 is 6.68. The Morgan fingerprint density at radius 2 is 1.96 bits per heavy atom. The lowest BCUT2D eigenvalue weighted by Gasteiger charge is -2.20. The first kappa shape index (κ1) is 19.6. The molecule has 0 radical (unpaired) electrons. The largest absolute Gasteiger partial charge is 0.430 e. The Morgan fingerprint density at radius 3 is 2.52 bits per heavy atom. The van der Waals surface area contributed by atoms with Crippen LogP contribution in [0.1, 0.15) is 44.6 Å². The first-order valence-corrected chi connectivity index (χ1v) is 9.45. The molecule has 0 amide bonds. The van der Waals surface area contributed by atoms with Crippen LogP contribution in [-0.4, -0.2) is 33.0 Å². The van der Waals surface area contributed by atoms with Gasteiger partial charge in [-0.15, -0.1) is 0 Å². The highest BCUT2D eigenvalue weighted by atomic mass is 32.1. The van der Waals surface area contributed by atoms with Gasteiger partial charge in [-0.1, -0.05) is 20.8 Å². The summed E-state index contributed by atoms with van der Waals surface area (Å²) in [7, 11) is 1.97. The Hall–Kier alpha value is -1.73. The first-order valence-electron chi connectivity index (χ1n) is 8.27. The van der Waals surface area contributed by atoms with Gasteiger partial charge in [-0.2, -0.15) is 9.36 Å². The maximum Gasteiger partial charge on any atom is 0.298 e. The Morgan fingerprint density at radius 1 is 1.28 bits per heavy atom. The van der Waals surface area contributed by atoms with Crippen LogP contribution in [0.2, 0.25) is 0 Å². The van der Waals surface area contributed by atoms with Crippen LogP contribution in [0.5, 0.6) is 10.9 Å². The van der Waals surface area contributed by atoms with E-state index in [0.29, 0.717) is 10.3 Å². The Kier molecular flexibility index (Phi) is 6.00. The minimum atomic E-state index is -0.0855. The lowest BCUT2D eigenvalue weighted by molar-refractivity contribution is 0.464. The lowest BCUT2D eigenvalue weighted by atomic mass is 9.96. The van der Waals surface area contributed by atoms with Crippen molar-refractivity contribution < 1.29 is 4.74 Å². The van der Waals surface area contributed by atoms with Crippen LogP contribution >= 0.6 is 23.8 Å². The second-order valence-electron chi connectivity index (χ2n) is 7.11. The molecule has 0 atom stereocenters. The number of thiocarbonyl (C=S) groups is 1. The van der Waals surface area contributed by atoms with Crippen LogP contribution in [0.25, 0.3) is 0 Å². The van der Waals surface area contributed by atoms with Gasteiger partial charge >= 0.3 is 0 Å². The number of nitrogens with one attached hydrogen (secondary N) is 1. The standard InChI is InChI=1S/C18H26N4OS2/c1-8-22(7)16(24)19-13-9-12(3)14(10-11(13)2)23-17-20-15(21-25-17)18(4,5)6/h9-10H,8H2,1-7H3,(H,19,24). The second-order valence-corrected chi connectivity index (χ2v) is 8.21. The van der Waals surface area contributed by atoms with Crippen LogP contribution in [0, 0.1) is 13.8 Å². The number of hydrogen-bond acceptors (Lipinski definition) is 5. The van der Waals surface area contributed by atoms with Gasteiger partial charge in [-0.05, 0) is 56.2 Å². The van der Waals surface area contributed by atoms with Crippen LogP contribution in [0.3, 0.4) is 0 Å². The van der Waals surface area contributed by atoms with E-state index in [4.69, 9.17) is 17.0 Å². The summed E-state index contributed by atoms with van der Waals surface area (Å²) in [5.41, 5.74) is 2.98. The normalized spacial score (nSPS) is 11.3. The van der Waals surface area contributed by atoms with Crippen molar-refractivity contribution in [3.8, 4) is 10.9 Å². The van der Waals surface area contributed by atoms with Crippen LogP contribution in [-0.2, 0) is 5.41 Å². The zero-order valence-electron chi connectivity index (χ0n) is 15.9. The van der Waals surface area contributed by atoms with Crippen molar-refractivity contribution in [2.45, 2.75) is 47.0 Å². The molecule has 1 aromatic heterocycles. The van der Waals surface area contributed by atoms with Crippen molar-refractivity contribution in [2.24, 2.45) is 0 Å². The van der Waals surface area contributed by atoms with Gasteiger partial charge in [0.25, 0.3) is 5.19 Å².